The summed E-state index contributed by atoms with van der Waals surface area (Å²) in [6, 6.07) is 20.1. The molecule has 0 radical (unpaired) electrons. The van der Waals surface area contributed by atoms with Gasteiger partial charge < -0.3 is 0 Å². The highest BCUT2D eigenvalue weighted by Gasteiger charge is 2.28. The zero-order chi connectivity index (χ0) is 25.3. The van der Waals surface area contributed by atoms with Crippen molar-refractivity contribution in [2.45, 2.75) is 19.3 Å². The Morgan fingerprint density at radius 2 is 1.29 bits per heavy atom. The van der Waals surface area contributed by atoms with Gasteiger partial charge in [-0.05, 0) is 50.2 Å². The van der Waals surface area contributed by atoms with Crippen LogP contribution in [0.5, 0.6) is 0 Å². The molecule has 0 spiro atoms. The van der Waals surface area contributed by atoms with Crippen molar-refractivity contribution in [3.05, 3.63) is 109 Å². The van der Waals surface area contributed by atoms with Crippen molar-refractivity contribution in [1.82, 2.24) is 9.97 Å². The largest absolute Gasteiger partial charge is 0.252 e. The third kappa shape index (κ3) is 4.59. The Labute approximate surface area is 223 Å². The Balaban J connectivity index is 1.79. The van der Waals surface area contributed by atoms with Gasteiger partial charge in [-0.3, -0.25) is 9.97 Å². The van der Waals surface area contributed by atoms with Crippen molar-refractivity contribution in [2.75, 3.05) is 0 Å². The Morgan fingerprint density at radius 3 is 1.80 bits per heavy atom. The quantitative estimate of drug-likeness (QED) is 0.244. The van der Waals surface area contributed by atoms with Crippen molar-refractivity contribution in [3.8, 4) is 28.6 Å². The summed E-state index contributed by atoms with van der Waals surface area (Å²) in [5.41, 5.74) is 3.82. The van der Waals surface area contributed by atoms with E-state index in [4.69, 9.17) is 62.9 Å². The first-order valence-corrected chi connectivity index (χ1v) is 11.9. The maximum atomic E-state index is 9.41. The van der Waals surface area contributed by atoms with Crippen LogP contribution in [0.25, 0.3) is 27.4 Å². The van der Waals surface area contributed by atoms with Gasteiger partial charge in [0.15, 0.2) is 0 Å². The molecule has 4 aromatic rings. The van der Waals surface area contributed by atoms with Crippen LogP contribution in [0, 0.1) is 17.9 Å². The fraction of sp³-hybridized carbons (Fsp3) is 0.111. The topological polar surface area (TPSA) is 53.9 Å². The molecule has 0 aliphatic heterocycles. The molecule has 0 aliphatic carbocycles. The van der Waals surface area contributed by atoms with Gasteiger partial charge in [0.2, 0.25) is 5.69 Å². The summed E-state index contributed by atoms with van der Waals surface area (Å²) in [6.07, 6.45) is 0. The van der Waals surface area contributed by atoms with Gasteiger partial charge in [-0.2, -0.15) is 5.26 Å². The van der Waals surface area contributed by atoms with E-state index < -0.39 is 5.41 Å². The third-order valence-electron chi connectivity index (χ3n) is 5.71. The SMILES string of the molecule is [C-]#[N+]c1c(Cl)ccc(-c2cccc(C(C)(C)c3cccc(-c4ccc(Cl)c(C#N)c4Cl)n3)n2)c1Cl. The monoisotopic (exact) mass is 536 g/mol. The van der Waals surface area contributed by atoms with E-state index in [1.54, 1.807) is 24.3 Å². The van der Waals surface area contributed by atoms with Crippen LogP contribution in [0.4, 0.5) is 5.69 Å². The number of nitrogens with zero attached hydrogens (tertiary/aromatic N) is 4. The highest BCUT2D eigenvalue weighted by atomic mass is 35.5. The summed E-state index contributed by atoms with van der Waals surface area (Å²) in [5.74, 6) is 0. The van der Waals surface area contributed by atoms with Crippen molar-refractivity contribution in [2.24, 2.45) is 0 Å². The molecule has 2 aromatic heterocycles. The minimum absolute atomic E-state index is 0.197. The molecule has 35 heavy (non-hydrogen) atoms. The number of hydrogen-bond acceptors (Lipinski definition) is 3. The fourth-order valence-corrected chi connectivity index (χ4v) is 4.79. The van der Waals surface area contributed by atoms with Crippen molar-refractivity contribution in [1.29, 1.82) is 5.26 Å². The molecule has 8 heteroatoms. The summed E-state index contributed by atoms with van der Waals surface area (Å²) in [5, 5.41) is 10.5. The van der Waals surface area contributed by atoms with E-state index in [9.17, 15) is 5.26 Å². The van der Waals surface area contributed by atoms with Crippen LogP contribution in [0.1, 0.15) is 30.8 Å². The molecule has 0 N–H and O–H groups in total. The molecule has 2 heterocycles. The lowest BCUT2D eigenvalue weighted by atomic mass is 9.84. The number of halogens is 4. The predicted molar refractivity (Wildman–Crippen MR) is 142 cm³/mol. The minimum atomic E-state index is -0.593. The summed E-state index contributed by atoms with van der Waals surface area (Å²) < 4.78 is 0. The molecule has 0 aliphatic rings. The highest BCUT2D eigenvalue weighted by Crippen LogP contribution is 2.41. The molecule has 0 atom stereocenters. The van der Waals surface area contributed by atoms with Crippen molar-refractivity contribution >= 4 is 52.1 Å². The van der Waals surface area contributed by atoms with Gasteiger partial charge in [0, 0.05) is 21.6 Å². The molecule has 0 saturated heterocycles. The summed E-state index contributed by atoms with van der Waals surface area (Å²) in [4.78, 5) is 13.2. The van der Waals surface area contributed by atoms with Gasteiger partial charge in [-0.1, -0.05) is 70.7 Å². The van der Waals surface area contributed by atoms with E-state index in [0.717, 1.165) is 11.4 Å². The molecular weight excluding hydrogens is 522 g/mol. The molecule has 0 amide bonds. The maximum absolute atomic E-state index is 9.41. The summed E-state index contributed by atoms with van der Waals surface area (Å²) >= 11 is 25.2. The van der Waals surface area contributed by atoms with Gasteiger partial charge in [0.25, 0.3) is 0 Å². The molecular formula is C27H16Cl4N4. The van der Waals surface area contributed by atoms with Crippen LogP contribution in [0.2, 0.25) is 20.1 Å². The number of nitriles is 1. The average Bonchev–Trinajstić information content (AvgIpc) is 2.85. The minimum Gasteiger partial charge on any atom is -0.252 e. The van der Waals surface area contributed by atoms with Crippen LogP contribution < -0.4 is 0 Å². The molecule has 0 bridgehead atoms. The first-order chi connectivity index (χ1) is 16.7. The van der Waals surface area contributed by atoms with Gasteiger partial charge in [-0.15, -0.1) is 0 Å². The van der Waals surface area contributed by atoms with Crippen molar-refractivity contribution in [3.63, 3.8) is 0 Å². The molecule has 4 rings (SSSR count). The number of benzene rings is 2. The van der Waals surface area contributed by atoms with Gasteiger partial charge in [0.05, 0.1) is 50.0 Å². The second-order valence-electron chi connectivity index (χ2n) is 8.21. The summed E-state index contributed by atoms with van der Waals surface area (Å²) in [6.45, 7) is 11.4. The van der Waals surface area contributed by atoms with Crippen LogP contribution in [-0.4, -0.2) is 9.97 Å². The normalized spacial score (nSPS) is 11.1. The van der Waals surface area contributed by atoms with E-state index in [1.165, 1.54) is 0 Å². The predicted octanol–water partition coefficient (Wildman–Crippen LogP) is 9.17. The molecule has 0 saturated carbocycles. The Kier molecular flexibility index (Phi) is 7.04. The van der Waals surface area contributed by atoms with E-state index in [-0.39, 0.29) is 21.3 Å². The Hall–Kier alpha value is -3.12. The third-order valence-corrected chi connectivity index (χ3v) is 7.11. The van der Waals surface area contributed by atoms with Crippen LogP contribution in [0.15, 0.2) is 60.7 Å². The van der Waals surface area contributed by atoms with E-state index in [2.05, 4.69) is 4.85 Å². The smallest absolute Gasteiger partial charge is 0.224 e. The number of hydrogen-bond donors (Lipinski definition) is 0. The van der Waals surface area contributed by atoms with Gasteiger partial charge in [-0.25, -0.2) is 4.85 Å². The lowest BCUT2D eigenvalue weighted by Gasteiger charge is -2.25. The van der Waals surface area contributed by atoms with Crippen LogP contribution in [0.3, 0.4) is 0 Å². The summed E-state index contributed by atoms with van der Waals surface area (Å²) in [7, 11) is 0. The van der Waals surface area contributed by atoms with Gasteiger partial charge >= 0.3 is 0 Å². The highest BCUT2D eigenvalue weighted by molar-refractivity contribution is 6.41. The number of pyridine rings is 2. The molecule has 172 valence electrons. The molecule has 4 nitrogen and oxygen atoms in total. The number of rotatable bonds is 4. The van der Waals surface area contributed by atoms with E-state index in [0.29, 0.717) is 32.6 Å². The fourth-order valence-electron chi connectivity index (χ4n) is 3.69. The standard InChI is InChI=1S/C27H16Cl4N4/c1-27(2,22-8-4-6-20(34-22)15-10-12-18(28)17(14-32)24(15)30)23-9-5-7-21(35-23)16-11-13-19(29)26(33-3)25(16)31/h4-13H,1-2H3. The average molecular weight is 538 g/mol. The van der Waals surface area contributed by atoms with Crippen molar-refractivity contribution < 1.29 is 0 Å². The van der Waals surface area contributed by atoms with E-state index >= 15 is 0 Å². The zero-order valence-electron chi connectivity index (χ0n) is 18.6. The van der Waals surface area contributed by atoms with Gasteiger partial charge in [0.1, 0.15) is 6.07 Å². The number of aromatic nitrogens is 2. The van der Waals surface area contributed by atoms with E-state index in [1.807, 2.05) is 56.3 Å². The first kappa shape index (κ1) is 25.0. The molecule has 2 aromatic carbocycles. The lowest BCUT2D eigenvalue weighted by Crippen LogP contribution is -2.22. The molecule has 0 fully saturated rings. The second kappa shape index (κ2) is 9.86. The molecule has 0 unspecified atom stereocenters. The van der Waals surface area contributed by atoms with Crippen LogP contribution in [-0.2, 0) is 5.41 Å². The maximum Gasteiger partial charge on any atom is 0.224 e. The lowest BCUT2D eigenvalue weighted by molar-refractivity contribution is 0.597. The van der Waals surface area contributed by atoms with Crippen LogP contribution >= 0.6 is 46.4 Å². The zero-order valence-corrected chi connectivity index (χ0v) is 21.6. The first-order valence-electron chi connectivity index (χ1n) is 10.4. The Bertz CT molecular complexity index is 1430. The Morgan fingerprint density at radius 1 is 0.771 bits per heavy atom. The second-order valence-corrected chi connectivity index (χ2v) is 9.78.